The molecule has 110 valence electrons. The Hall–Kier alpha value is -1.42. The fraction of sp³-hybridized carbons (Fsp3) is 0.562. The van der Waals surface area contributed by atoms with Gasteiger partial charge in [-0.2, -0.15) is 0 Å². The number of hydrogen-bond donors (Lipinski definition) is 2. The summed E-state index contributed by atoms with van der Waals surface area (Å²) in [7, 11) is 0. The van der Waals surface area contributed by atoms with E-state index in [1.54, 1.807) is 12.1 Å². The van der Waals surface area contributed by atoms with Crippen molar-refractivity contribution in [2.24, 2.45) is 5.92 Å². The summed E-state index contributed by atoms with van der Waals surface area (Å²) in [5.74, 6) is -0.0170. The topological polar surface area (TPSA) is 49.3 Å². The van der Waals surface area contributed by atoms with E-state index in [1.807, 2.05) is 13.8 Å². The monoisotopic (exact) mass is 279 g/mol. The van der Waals surface area contributed by atoms with Crippen molar-refractivity contribution in [3.05, 3.63) is 35.6 Å². The van der Waals surface area contributed by atoms with E-state index in [4.69, 9.17) is 5.11 Å². The maximum Gasteiger partial charge on any atom is 0.230 e. The molecular formula is C16H22FNO2. The van der Waals surface area contributed by atoms with E-state index in [-0.39, 0.29) is 30.3 Å². The van der Waals surface area contributed by atoms with Gasteiger partial charge in [-0.25, -0.2) is 4.39 Å². The average molecular weight is 279 g/mol. The number of nitrogens with one attached hydrogen (secondary N) is 1. The van der Waals surface area contributed by atoms with Gasteiger partial charge in [0, 0.05) is 12.6 Å². The molecule has 1 unspecified atom stereocenters. The third kappa shape index (κ3) is 3.01. The van der Waals surface area contributed by atoms with E-state index in [0.29, 0.717) is 6.42 Å². The average Bonchev–Trinajstić information content (AvgIpc) is 3.20. The van der Waals surface area contributed by atoms with Gasteiger partial charge in [-0.1, -0.05) is 26.0 Å². The number of hydrogen-bond acceptors (Lipinski definition) is 2. The van der Waals surface area contributed by atoms with Gasteiger partial charge in [0.15, 0.2) is 0 Å². The second kappa shape index (κ2) is 5.92. The molecule has 1 amide bonds. The zero-order valence-corrected chi connectivity index (χ0v) is 12.0. The predicted molar refractivity (Wildman–Crippen MR) is 75.8 cm³/mol. The van der Waals surface area contributed by atoms with Crippen LogP contribution in [-0.2, 0) is 10.2 Å². The number of rotatable bonds is 6. The van der Waals surface area contributed by atoms with Crippen molar-refractivity contribution >= 4 is 5.91 Å². The smallest absolute Gasteiger partial charge is 0.230 e. The Morgan fingerprint density at radius 3 is 2.40 bits per heavy atom. The van der Waals surface area contributed by atoms with Crippen molar-refractivity contribution in [2.75, 3.05) is 6.61 Å². The Morgan fingerprint density at radius 1 is 1.35 bits per heavy atom. The van der Waals surface area contributed by atoms with Crippen LogP contribution >= 0.6 is 0 Å². The largest absolute Gasteiger partial charge is 0.396 e. The third-order valence-corrected chi connectivity index (χ3v) is 4.14. The van der Waals surface area contributed by atoms with Crippen LogP contribution in [0.1, 0.15) is 38.7 Å². The predicted octanol–water partition coefficient (Wildman–Crippen LogP) is 2.38. The molecule has 1 fully saturated rings. The molecule has 3 nitrogen and oxygen atoms in total. The number of benzene rings is 1. The zero-order valence-electron chi connectivity index (χ0n) is 12.0. The molecule has 1 aliphatic carbocycles. The van der Waals surface area contributed by atoms with Gasteiger partial charge in [0.05, 0.1) is 5.41 Å². The van der Waals surface area contributed by atoms with Crippen LogP contribution in [0.5, 0.6) is 0 Å². The third-order valence-electron chi connectivity index (χ3n) is 4.14. The number of amides is 1. The summed E-state index contributed by atoms with van der Waals surface area (Å²) in [6.45, 7) is 4.11. The first kappa shape index (κ1) is 15.0. The summed E-state index contributed by atoms with van der Waals surface area (Å²) in [6, 6.07) is 6.16. The molecule has 1 aromatic carbocycles. The molecular weight excluding hydrogens is 257 g/mol. The van der Waals surface area contributed by atoms with Crippen molar-refractivity contribution in [2.45, 2.75) is 44.6 Å². The standard InChI is InChI=1S/C16H22FNO2/c1-11(2)14(7-10-19)18-15(20)16(8-9-16)12-3-5-13(17)6-4-12/h3-6,11,14,19H,7-10H2,1-2H3,(H,18,20). The molecule has 1 saturated carbocycles. The Labute approximate surface area is 119 Å². The fourth-order valence-electron chi connectivity index (χ4n) is 2.56. The Morgan fingerprint density at radius 2 is 1.95 bits per heavy atom. The first-order valence-electron chi connectivity index (χ1n) is 7.17. The van der Waals surface area contributed by atoms with E-state index in [1.165, 1.54) is 12.1 Å². The van der Waals surface area contributed by atoms with Crippen molar-refractivity contribution < 1.29 is 14.3 Å². The van der Waals surface area contributed by atoms with Gasteiger partial charge in [-0.05, 0) is 42.9 Å². The van der Waals surface area contributed by atoms with Crippen molar-refractivity contribution in [3.63, 3.8) is 0 Å². The molecule has 0 bridgehead atoms. The second-order valence-corrected chi connectivity index (χ2v) is 5.93. The molecule has 1 atom stereocenters. The minimum atomic E-state index is -0.490. The molecule has 0 aliphatic heterocycles. The summed E-state index contributed by atoms with van der Waals surface area (Å²) in [6.07, 6.45) is 2.16. The van der Waals surface area contributed by atoms with Crippen LogP contribution in [0.2, 0.25) is 0 Å². The van der Waals surface area contributed by atoms with Gasteiger partial charge in [-0.3, -0.25) is 4.79 Å². The van der Waals surface area contributed by atoms with Gasteiger partial charge in [0.1, 0.15) is 5.82 Å². The summed E-state index contributed by atoms with van der Waals surface area (Å²) in [5, 5.41) is 12.1. The lowest BCUT2D eigenvalue weighted by Crippen LogP contribution is -2.44. The van der Waals surface area contributed by atoms with Gasteiger partial charge in [0.2, 0.25) is 5.91 Å². The first-order valence-corrected chi connectivity index (χ1v) is 7.17. The van der Waals surface area contributed by atoms with Gasteiger partial charge in [-0.15, -0.1) is 0 Å². The molecule has 1 aromatic rings. The van der Waals surface area contributed by atoms with Crippen LogP contribution < -0.4 is 5.32 Å². The maximum absolute atomic E-state index is 13.0. The summed E-state index contributed by atoms with van der Waals surface area (Å²) in [4.78, 5) is 12.5. The van der Waals surface area contributed by atoms with Crippen LogP contribution in [0.25, 0.3) is 0 Å². The molecule has 0 aromatic heterocycles. The van der Waals surface area contributed by atoms with Crippen molar-refractivity contribution in [1.82, 2.24) is 5.32 Å². The lowest BCUT2D eigenvalue weighted by Gasteiger charge is -2.25. The first-order chi connectivity index (χ1) is 9.49. The number of aliphatic hydroxyl groups excluding tert-OH is 1. The van der Waals surface area contributed by atoms with Gasteiger partial charge in [0.25, 0.3) is 0 Å². The van der Waals surface area contributed by atoms with Crippen molar-refractivity contribution in [1.29, 1.82) is 0 Å². The molecule has 4 heteroatoms. The molecule has 0 spiro atoms. The summed E-state index contributed by atoms with van der Waals surface area (Å²) in [5.41, 5.74) is 0.388. The van der Waals surface area contributed by atoms with Crippen LogP contribution in [-0.4, -0.2) is 23.7 Å². The molecule has 0 saturated heterocycles. The fourth-order valence-corrected chi connectivity index (χ4v) is 2.56. The van der Waals surface area contributed by atoms with E-state index in [9.17, 15) is 9.18 Å². The van der Waals surface area contributed by atoms with Crippen LogP contribution in [0.3, 0.4) is 0 Å². The number of aliphatic hydroxyl groups is 1. The number of carbonyl (C=O) groups excluding carboxylic acids is 1. The Kier molecular flexibility index (Phi) is 4.43. The Bertz CT molecular complexity index is 466. The maximum atomic E-state index is 13.0. The number of carbonyl (C=O) groups is 1. The number of halogens is 1. The Balaban J connectivity index is 2.10. The minimum absolute atomic E-state index is 0.00346. The highest BCUT2D eigenvalue weighted by molar-refractivity contribution is 5.91. The van der Waals surface area contributed by atoms with E-state index in [0.717, 1.165) is 18.4 Å². The van der Waals surface area contributed by atoms with Crippen LogP contribution in [0.15, 0.2) is 24.3 Å². The highest BCUT2D eigenvalue weighted by atomic mass is 19.1. The molecule has 2 N–H and O–H groups in total. The van der Waals surface area contributed by atoms with E-state index in [2.05, 4.69) is 5.32 Å². The van der Waals surface area contributed by atoms with E-state index >= 15 is 0 Å². The van der Waals surface area contributed by atoms with Gasteiger partial charge >= 0.3 is 0 Å². The highest BCUT2D eigenvalue weighted by Crippen LogP contribution is 2.48. The molecule has 20 heavy (non-hydrogen) atoms. The summed E-state index contributed by atoms with van der Waals surface area (Å²) >= 11 is 0. The van der Waals surface area contributed by atoms with E-state index < -0.39 is 5.41 Å². The lowest BCUT2D eigenvalue weighted by atomic mass is 9.93. The summed E-state index contributed by atoms with van der Waals surface area (Å²) < 4.78 is 13.0. The highest BCUT2D eigenvalue weighted by Gasteiger charge is 2.51. The van der Waals surface area contributed by atoms with Crippen molar-refractivity contribution in [3.8, 4) is 0 Å². The molecule has 1 aliphatic rings. The normalized spacial score (nSPS) is 17.9. The molecule has 2 rings (SSSR count). The quantitative estimate of drug-likeness (QED) is 0.840. The van der Waals surface area contributed by atoms with Crippen LogP contribution in [0.4, 0.5) is 4.39 Å². The molecule has 0 radical (unpaired) electrons. The second-order valence-electron chi connectivity index (χ2n) is 5.93. The SMILES string of the molecule is CC(C)C(CCO)NC(=O)C1(c2ccc(F)cc2)CC1. The minimum Gasteiger partial charge on any atom is -0.396 e. The lowest BCUT2D eigenvalue weighted by molar-refractivity contribution is -0.124. The molecule has 0 heterocycles. The van der Waals surface area contributed by atoms with Gasteiger partial charge < -0.3 is 10.4 Å². The van der Waals surface area contributed by atoms with Crippen LogP contribution in [0, 0.1) is 11.7 Å². The zero-order chi connectivity index (χ0) is 14.8.